The van der Waals surface area contributed by atoms with Gasteiger partial charge in [0.2, 0.25) is 0 Å². The molecule has 0 aliphatic rings. The van der Waals surface area contributed by atoms with Crippen LogP contribution in [-0.2, 0) is 22.6 Å². The van der Waals surface area contributed by atoms with Gasteiger partial charge < -0.3 is 19.1 Å². The van der Waals surface area contributed by atoms with Crippen LogP contribution in [0.3, 0.4) is 0 Å². The van der Waals surface area contributed by atoms with Gasteiger partial charge in [-0.05, 0) is 44.5 Å². The molecule has 0 saturated carbocycles. The van der Waals surface area contributed by atoms with Gasteiger partial charge >= 0.3 is 12.1 Å². The van der Waals surface area contributed by atoms with Crippen molar-refractivity contribution in [3.05, 3.63) is 76.1 Å². The summed E-state index contributed by atoms with van der Waals surface area (Å²) in [5, 5.41) is 11.3. The minimum atomic E-state index is -0.701. The average molecular weight is 463 g/mol. The first kappa shape index (κ1) is 23.2. The molecule has 0 aliphatic heterocycles. The van der Waals surface area contributed by atoms with Gasteiger partial charge in [0.25, 0.3) is 5.56 Å². The van der Waals surface area contributed by atoms with Crippen LogP contribution in [0.5, 0.6) is 0 Å². The van der Waals surface area contributed by atoms with Crippen molar-refractivity contribution in [1.29, 1.82) is 0 Å². The molecular formula is C25H25N3O6. The predicted molar refractivity (Wildman–Crippen MR) is 126 cm³/mol. The van der Waals surface area contributed by atoms with Crippen molar-refractivity contribution in [1.82, 2.24) is 14.1 Å². The summed E-state index contributed by atoms with van der Waals surface area (Å²) in [4.78, 5) is 41.9. The molecule has 34 heavy (non-hydrogen) atoms. The Morgan fingerprint density at radius 1 is 1.09 bits per heavy atom. The van der Waals surface area contributed by atoms with E-state index in [0.717, 1.165) is 10.9 Å². The fourth-order valence-corrected chi connectivity index (χ4v) is 3.84. The molecule has 0 bridgehead atoms. The van der Waals surface area contributed by atoms with Gasteiger partial charge in [0, 0.05) is 29.4 Å². The van der Waals surface area contributed by atoms with Crippen LogP contribution in [-0.4, -0.2) is 44.0 Å². The summed E-state index contributed by atoms with van der Waals surface area (Å²) in [6.07, 6.45) is 3.81. The number of hydrogen-bond donors (Lipinski definition) is 1. The normalized spacial score (nSPS) is 11.7. The number of aliphatic hydroxyl groups excluding tert-OH is 1. The SMILES string of the molecule is COC(=O)c1cncc2c(=O)n(Cc3ccc4cc(CO)n(C(=O)OC(C)(C)C)c4c3)ccc12. The highest BCUT2D eigenvalue weighted by Gasteiger charge is 2.22. The third kappa shape index (κ3) is 4.29. The third-order valence-electron chi connectivity index (χ3n) is 5.34. The zero-order chi connectivity index (χ0) is 24.6. The summed E-state index contributed by atoms with van der Waals surface area (Å²) >= 11 is 0. The molecule has 4 rings (SSSR count). The maximum atomic E-state index is 13.1. The minimum Gasteiger partial charge on any atom is -0.465 e. The van der Waals surface area contributed by atoms with Crippen molar-refractivity contribution in [2.45, 2.75) is 39.5 Å². The molecule has 0 spiro atoms. The molecule has 9 nitrogen and oxygen atoms in total. The molecule has 0 aliphatic carbocycles. The third-order valence-corrected chi connectivity index (χ3v) is 5.34. The van der Waals surface area contributed by atoms with Gasteiger partial charge in [0.05, 0.1) is 42.4 Å². The van der Waals surface area contributed by atoms with E-state index < -0.39 is 17.7 Å². The minimum absolute atomic E-state index is 0.220. The van der Waals surface area contributed by atoms with Crippen molar-refractivity contribution < 1.29 is 24.2 Å². The number of rotatable bonds is 4. The van der Waals surface area contributed by atoms with Crippen LogP contribution in [0, 0.1) is 0 Å². The zero-order valence-corrected chi connectivity index (χ0v) is 19.4. The highest BCUT2D eigenvalue weighted by molar-refractivity contribution is 6.03. The molecule has 0 amide bonds. The van der Waals surface area contributed by atoms with Crippen LogP contribution in [0.2, 0.25) is 0 Å². The Morgan fingerprint density at radius 2 is 1.85 bits per heavy atom. The van der Waals surface area contributed by atoms with E-state index in [1.54, 1.807) is 45.2 Å². The molecule has 176 valence electrons. The summed E-state index contributed by atoms with van der Waals surface area (Å²) in [6.45, 7) is 5.21. The smallest absolute Gasteiger partial charge is 0.419 e. The number of aliphatic hydroxyl groups is 1. The van der Waals surface area contributed by atoms with Crippen LogP contribution < -0.4 is 5.56 Å². The maximum Gasteiger partial charge on any atom is 0.419 e. The number of hydrogen-bond acceptors (Lipinski definition) is 7. The first-order chi connectivity index (χ1) is 16.1. The number of nitrogens with zero attached hydrogens (tertiary/aromatic N) is 3. The molecule has 1 N–H and O–H groups in total. The van der Waals surface area contributed by atoms with E-state index in [1.165, 1.54) is 28.6 Å². The zero-order valence-electron chi connectivity index (χ0n) is 19.4. The number of esters is 1. The molecule has 0 saturated heterocycles. The van der Waals surface area contributed by atoms with E-state index in [4.69, 9.17) is 9.47 Å². The number of aromatic nitrogens is 3. The maximum absolute atomic E-state index is 13.1. The molecule has 3 aromatic heterocycles. The lowest BCUT2D eigenvalue weighted by molar-refractivity contribution is 0.0532. The van der Waals surface area contributed by atoms with E-state index in [2.05, 4.69) is 4.98 Å². The first-order valence-corrected chi connectivity index (χ1v) is 10.7. The second-order valence-electron chi connectivity index (χ2n) is 8.89. The lowest BCUT2D eigenvalue weighted by atomic mass is 10.1. The molecule has 1 aromatic carbocycles. The molecule has 3 heterocycles. The Morgan fingerprint density at radius 3 is 2.53 bits per heavy atom. The molecule has 0 unspecified atom stereocenters. The second kappa shape index (κ2) is 8.75. The van der Waals surface area contributed by atoms with Gasteiger partial charge in [-0.25, -0.2) is 14.2 Å². The summed E-state index contributed by atoms with van der Waals surface area (Å²) in [5.41, 5.74) is 0.947. The summed E-state index contributed by atoms with van der Waals surface area (Å²) < 4.78 is 13.1. The van der Waals surface area contributed by atoms with E-state index >= 15 is 0 Å². The Balaban J connectivity index is 1.76. The highest BCUT2D eigenvalue weighted by Crippen LogP contribution is 2.24. The Kier molecular flexibility index (Phi) is 5.97. The number of methoxy groups -OCH3 is 1. The van der Waals surface area contributed by atoms with Gasteiger partial charge in [0.15, 0.2) is 0 Å². The van der Waals surface area contributed by atoms with Crippen molar-refractivity contribution in [2.24, 2.45) is 0 Å². The largest absolute Gasteiger partial charge is 0.465 e. The number of benzene rings is 1. The number of carbonyl (C=O) groups is 2. The number of ether oxygens (including phenoxy) is 2. The van der Waals surface area contributed by atoms with Gasteiger partial charge in [-0.3, -0.25) is 9.78 Å². The number of fused-ring (bicyclic) bond motifs is 2. The topological polar surface area (TPSA) is 113 Å². The predicted octanol–water partition coefficient (Wildman–Crippen LogP) is 3.46. The van der Waals surface area contributed by atoms with E-state index in [9.17, 15) is 19.5 Å². The summed E-state index contributed by atoms with van der Waals surface area (Å²) in [5.74, 6) is -0.566. The average Bonchev–Trinajstić information content (AvgIpc) is 3.17. The lowest BCUT2D eigenvalue weighted by Crippen LogP contribution is -2.28. The van der Waals surface area contributed by atoms with Crippen molar-refractivity contribution >= 4 is 33.7 Å². The summed E-state index contributed by atoms with van der Waals surface area (Å²) in [6, 6.07) is 8.87. The lowest BCUT2D eigenvalue weighted by Gasteiger charge is -2.20. The molecule has 0 atom stereocenters. The first-order valence-electron chi connectivity index (χ1n) is 10.7. The van der Waals surface area contributed by atoms with Crippen molar-refractivity contribution in [2.75, 3.05) is 7.11 Å². The quantitative estimate of drug-likeness (QED) is 0.461. The van der Waals surface area contributed by atoms with Gasteiger partial charge in [0.1, 0.15) is 5.60 Å². The molecular weight excluding hydrogens is 438 g/mol. The fourth-order valence-electron chi connectivity index (χ4n) is 3.84. The van der Waals surface area contributed by atoms with Gasteiger partial charge in [-0.1, -0.05) is 12.1 Å². The molecule has 0 fully saturated rings. The van der Waals surface area contributed by atoms with E-state index in [1.807, 2.05) is 12.1 Å². The molecule has 9 heteroatoms. The molecule has 4 aromatic rings. The van der Waals surface area contributed by atoms with E-state index in [-0.39, 0.29) is 24.3 Å². The van der Waals surface area contributed by atoms with Crippen LogP contribution in [0.1, 0.15) is 42.4 Å². The van der Waals surface area contributed by atoms with Crippen LogP contribution >= 0.6 is 0 Å². The highest BCUT2D eigenvalue weighted by atomic mass is 16.6. The Labute approximate surface area is 195 Å². The monoisotopic (exact) mass is 463 g/mol. The number of carbonyl (C=O) groups excluding carboxylic acids is 2. The molecule has 0 radical (unpaired) electrons. The van der Waals surface area contributed by atoms with Crippen LogP contribution in [0.15, 0.2) is 53.7 Å². The van der Waals surface area contributed by atoms with Crippen molar-refractivity contribution in [3.63, 3.8) is 0 Å². The van der Waals surface area contributed by atoms with Crippen LogP contribution in [0.4, 0.5) is 4.79 Å². The van der Waals surface area contributed by atoms with Gasteiger partial charge in [-0.2, -0.15) is 0 Å². The number of pyridine rings is 2. The Hall–Kier alpha value is -3.98. The standard InChI is InChI=1S/C25H25N3O6/c1-25(2,3)34-24(32)28-17(14-29)10-16-6-5-15(9-21(16)28)13-27-8-7-18-19(22(27)30)11-26-12-20(18)23(31)33-4/h5-12,29H,13-14H2,1-4H3. The Bertz CT molecular complexity index is 1480. The van der Waals surface area contributed by atoms with E-state index in [0.29, 0.717) is 22.0 Å². The summed E-state index contributed by atoms with van der Waals surface area (Å²) in [7, 11) is 1.27. The second-order valence-corrected chi connectivity index (χ2v) is 8.89. The van der Waals surface area contributed by atoms with Crippen LogP contribution in [0.25, 0.3) is 21.7 Å². The van der Waals surface area contributed by atoms with Crippen molar-refractivity contribution in [3.8, 4) is 0 Å². The van der Waals surface area contributed by atoms with Gasteiger partial charge in [-0.15, -0.1) is 0 Å². The fraction of sp³-hybridized carbons (Fsp3) is 0.280.